The Balaban J connectivity index is 0.00000200. The first-order valence-electron chi connectivity index (χ1n) is 6.15. The molecule has 0 saturated carbocycles. The number of hydrogen-bond donors (Lipinski definition) is 1. The van der Waals surface area contributed by atoms with Crippen LogP contribution in [0.1, 0.15) is 24.4 Å². The van der Waals surface area contributed by atoms with Gasteiger partial charge in [0.05, 0.1) is 0 Å². The van der Waals surface area contributed by atoms with Gasteiger partial charge in [-0.2, -0.15) is 13.2 Å². The molecule has 1 aromatic carbocycles. The standard InChI is InChI=1S/C13H16F3NOS.ClH/c14-13(15,16)19-11-3-1-9(2-4-11)12(17)10-5-7-18-8-6-10;/h1-4,10,12H,5-8,17H2;1H/t12-;/m1./s1. The summed E-state index contributed by atoms with van der Waals surface area (Å²) in [6, 6.07) is 6.20. The number of nitrogens with two attached hydrogens (primary N) is 1. The van der Waals surface area contributed by atoms with Crippen LogP contribution in [-0.4, -0.2) is 18.7 Å². The molecule has 1 aromatic rings. The minimum atomic E-state index is -4.25. The molecule has 2 N–H and O–H groups in total. The van der Waals surface area contributed by atoms with Crippen molar-refractivity contribution in [3.63, 3.8) is 0 Å². The molecule has 0 aliphatic carbocycles. The summed E-state index contributed by atoms with van der Waals surface area (Å²) in [5, 5.41) is 0. The summed E-state index contributed by atoms with van der Waals surface area (Å²) < 4.78 is 41.9. The average Bonchev–Trinajstić information content (AvgIpc) is 2.38. The zero-order valence-corrected chi connectivity index (χ0v) is 12.4. The highest BCUT2D eigenvalue weighted by atomic mass is 35.5. The molecule has 2 rings (SSSR count). The van der Waals surface area contributed by atoms with E-state index in [-0.39, 0.29) is 35.1 Å². The van der Waals surface area contributed by atoms with Gasteiger partial charge in [-0.1, -0.05) is 12.1 Å². The van der Waals surface area contributed by atoms with Gasteiger partial charge < -0.3 is 10.5 Å². The molecular formula is C13H17ClF3NOS. The van der Waals surface area contributed by atoms with Crippen molar-refractivity contribution in [2.75, 3.05) is 13.2 Å². The van der Waals surface area contributed by atoms with Crippen molar-refractivity contribution in [3.8, 4) is 0 Å². The van der Waals surface area contributed by atoms with E-state index in [0.29, 0.717) is 19.1 Å². The van der Waals surface area contributed by atoms with Gasteiger partial charge in [0.1, 0.15) is 0 Å². The van der Waals surface area contributed by atoms with Gasteiger partial charge in [-0.15, -0.1) is 12.4 Å². The molecule has 1 saturated heterocycles. The van der Waals surface area contributed by atoms with Crippen LogP contribution in [-0.2, 0) is 4.74 Å². The van der Waals surface area contributed by atoms with Crippen LogP contribution in [0.25, 0.3) is 0 Å². The lowest BCUT2D eigenvalue weighted by Crippen LogP contribution is -2.27. The lowest BCUT2D eigenvalue weighted by molar-refractivity contribution is -0.0328. The largest absolute Gasteiger partial charge is 0.446 e. The molecule has 0 bridgehead atoms. The van der Waals surface area contributed by atoms with E-state index < -0.39 is 5.51 Å². The molecule has 0 aromatic heterocycles. The molecule has 20 heavy (non-hydrogen) atoms. The minimum Gasteiger partial charge on any atom is -0.381 e. The molecule has 7 heteroatoms. The van der Waals surface area contributed by atoms with E-state index in [1.54, 1.807) is 12.1 Å². The van der Waals surface area contributed by atoms with E-state index in [4.69, 9.17) is 10.5 Å². The molecule has 0 amide bonds. The number of thioether (sulfide) groups is 1. The molecular weight excluding hydrogens is 311 g/mol. The number of ether oxygens (including phenoxy) is 1. The maximum atomic E-state index is 12.2. The van der Waals surface area contributed by atoms with Gasteiger partial charge in [-0.05, 0) is 48.2 Å². The summed E-state index contributed by atoms with van der Waals surface area (Å²) in [4.78, 5) is 0.190. The predicted molar refractivity (Wildman–Crippen MR) is 76.1 cm³/mol. The van der Waals surface area contributed by atoms with Gasteiger partial charge in [0, 0.05) is 24.2 Å². The van der Waals surface area contributed by atoms with Crippen LogP contribution in [0.2, 0.25) is 0 Å². The van der Waals surface area contributed by atoms with Crippen LogP contribution in [0, 0.1) is 5.92 Å². The number of alkyl halides is 3. The van der Waals surface area contributed by atoms with Crippen LogP contribution in [0.3, 0.4) is 0 Å². The molecule has 1 aliphatic rings. The normalized spacial score (nSPS) is 18.4. The van der Waals surface area contributed by atoms with E-state index >= 15 is 0 Å². The van der Waals surface area contributed by atoms with Crippen molar-refractivity contribution in [2.45, 2.75) is 29.3 Å². The second kappa shape index (κ2) is 7.54. The molecule has 2 nitrogen and oxygen atoms in total. The maximum absolute atomic E-state index is 12.2. The highest BCUT2D eigenvalue weighted by Gasteiger charge is 2.29. The van der Waals surface area contributed by atoms with Crippen molar-refractivity contribution in [1.29, 1.82) is 0 Å². The lowest BCUT2D eigenvalue weighted by atomic mass is 9.88. The van der Waals surface area contributed by atoms with E-state index in [2.05, 4.69) is 0 Å². The predicted octanol–water partition coefficient (Wildman–Crippen LogP) is 4.15. The van der Waals surface area contributed by atoms with E-state index in [0.717, 1.165) is 18.4 Å². The first-order chi connectivity index (χ1) is 8.96. The summed E-state index contributed by atoms with van der Waals surface area (Å²) in [5.74, 6) is 0.342. The third-order valence-corrected chi connectivity index (χ3v) is 4.01. The number of hydrogen-bond acceptors (Lipinski definition) is 3. The molecule has 114 valence electrons. The van der Waals surface area contributed by atoms with E-state index in [9.17, 15) is 13.2 Å². The van der Waals surface area contributed by atoms with Crippen LogP contribution in [0.5, 0.6) is 0 Å². The molecule has 1 aliphatic heterocycles. The Bertz CT molecular complexity index is 407. The minimum absolute atomic E-state index is 0. The molecule has 0 unspecified atom stereocenters. The van der Waals surface area contributed by atoms with Crippen molar-refractivity contribution >= 4 is 24.2 Å². The van der Waals surface area contributed by atoms with Crippen LogP contribution >= 0.6 is 24.2 Å². The first-order valence-corrected chi connectivity index (χ1v) is 6.96. The first kappa shape index (κ1) is 17.6. The van der Waals surface area contributed by atoms with Crippen molar-refractivity contribution in [3.05, 3.63) is 29.8 Å². The van der Waals surface area contributed by atoms with Crippen molar-refractivity contribution < 1.29 is 17.9 Å². The highest BCUT2D eigenvalue weighted by molar-refractivity contribution is 8.00. The molecule has 1 heterocycles. The molecule has 0 radical (unpaired) electrons. The van der Waals surface area contributed by atoms with Crippen LogP contribution < -0.4 is 5.73 Å². The Morgan fingerprint density at radius 1 is 1.15 bits per heavy atom. The fraction of sp³-hybridized carbons (Fsp3) is 0.538. The zero-order valence-electron chi connectivity index (χ0n) is 10.7. The van der Waals surface area contributed by atoms with Crippen molar-refractivity contribution in [2.24, 2.45) is 11.7 Å². The summed E-state index contributed by atoms with van der Waals surface area (Å²) in [6.07, 6.45) is 1.81. The summed E-state index contributed by atoms with van der Waals surface area (Å²) in [5.41, 5.74) is 2.80. The molecule has 0 spiro atoms. The second-order valence-corrected chi connectivity index (χ2v) is 5.73. The zero-order chi connectivity index (χ0) is 13.9. The van der Waals surface area contributed by atoms with Gasteiger partial charge in [-0.3, -0.25) is 0 Å². The Labute approximate surface area is 126 Å². The van der Waals surface area contributed by atoms with Crippen LogP contribution in [0.4, 0.5) is 13.2 Å². The van der Waals surface area contributed by atoms with Gasteiger partial charge in [-0.25, -0.2) is 0 Å². The Kier molecular flexibility index (Phi) is 6.64. The number of halogens is 4. The highest BCUT2D eigenvalue weighted by Crippen LogP contribution is 2.37. The third kappa shape index (κ3) is 5.16. The second-order valence-electron chi connectivity index (χ2n) is 4.59. The summed E-state index contributed by atoms with van der Waals surface area (Å²) in [6.45, 7) is 1.42. The fourth-order valence-corrected chi connectivity index (χ4v) is 2.78. The smallest absolute Gasteiger partial charge is 0.381 e. The maximum Gasteiger partial charge on any atom is 0.446 e. The Morgan fingerprint density at radius 3 is 2.20 bits per heavy atom. The number of rotatable bonds is 3. The molecule has 1 fully saturated rings. The van der Waals surface area contributed by atoms with Gasteiger partial charge in [0.15, 0.2) is 0 Å². The van der Waals surface area contributed by atoms with Crippen LogP contribution in [0.15, 0.2) is 29.2 Å². The molecule has 1 atom stereocenters. The van der Waals surface area contributed by atoms with E-state index in [1.165, 1.54) is 12.1 Å². The van der Waals surface area contributed by atoms with E-state index in [1.807, 2.05) is 0 Å². The summed E-state index contributed by atoms with van der Waals surface area (Å²) in [7, 11) is 0. The van der Waals surface area contributed by atoms with Crippen molar-refractivity contribution in [1.82, 2.24) is 0 Å². The Hall–Kier alpha value is -0.430. The average molecular weight is 328 g/mol. The lowest BCUT2D eigenvalue weighted by Gasteiger charge is -2.28. The summed E-state index contributed by atoms with van der Waals surface area (Å²) >= 11 is -0.104. The fourth-order valence-electron chi connectivity index (χ4n) is 2.24. The van der Waals surface area contributed by atoms with Gasteiger partial charge >= 0.3 is 5.51 Å². The van der Waals surface area contributed by atoms with Gasteiger partial charge in [0.25, 0.3) is 0 Å². The topological polar surface area (TPSA) is 35.2 Å². The third-order valence-electron chi connectivity index (χ3n) is 3.27. The Morgan fingerprint density at radius 2 is 1.70 bits per heavy atom. The van der Waals surface area contributed by atoms with Gasteiger partial charge in [0.2, 0.25) is 0 Å². The quantitative estimate of drug-likeness (QED) is 0.847. The number of benzene rings is 1. The SMILES string of the molecule is Cl.N[C@H](c1ccc(SC(F)(F)F)cc1)C1CCOCC1. The monoisotopic (exact) mass is 327 g/mol.